The number of rotatable bonds is 4. The standard InChI is InChI=1S/C17H20FN3O4/c1-20(2)16-14(17(22)21-6-8-24-9-7-21)15(25-19-16)11-4-5-12(18)13(10-11)23-3/h4-5,10H,6-9H2,1-3H3. The average Bonchev–Trinajstić information content (AvgIpc) is 3.07. The fourth-order valence-electron chi connectivity index (χ4n) is 2.70. The van der Waals surface area contributed by atoms with Crippen LogP contribution in [0, 0.1) is 5.82 Å². The van der Waals surface area contributed by atoms with E-state index in [2.05, 4.69) is 5.16 Å². The highest BCUT2D eigenvalue weighted by Gasteiger charge is 2.30. The van der Waals surface area contributed by atoms with Crippen LogP contribution in [0.5, 0.6) is 5.75 Å². The van der Waals surface area contributed by atoms with E-state index in [0.717, 1.165) is 0 Å². The quantitative estimate of drug-likeness (QED) is 0.841. The van der Waals surface area contributed by atoms with Gasteiger partial charge in [-0.1, -0.05) is 5.16 Å². The molecule has 1 aliphatic heterocycles. The third kappa shape index (κ3) is 3.30. The predicted octanol–water partition coefficient (Wildman–Crippen LogP) is 2.03. The van der Waals surface area contributed by atoms with Gasteiger partial charge in [-0.2, -0.15) is 0 Å². The third-order valence-electron chi connectivity index (χ3n) is 4.02. The SMILES string of the molecule is COc1cc(-c2onc(N(C)C)c2C(=O)N2CCOCC2)ccc1F. The minimum Gasteiger partial charge on any atom is -0.494 e. The Kier molecular flexibility index (Phi) is 4.89. The Bertz CT molecular complexity index is 769. The van der Waals surface area contributed by atoms with Gasteiger partial charge in [-0.15, -0.1) is 0 Å². The summed E-state index contributed by atoms with van der Waals surface area (Å²) >= 11 is 0. The Morgan fingerprint density at radius 3 is 2.68 bits per heavy atom. The van der Waals surface area contributed by atoms with Crippen molar-refractivity contribution in [3.8, 4) is 17.1 Å². The van der Waals surface area contributed by atoms with Crippen molar-refractivity contribution in [2.75, 3.05) is 52.4 Å². The van der Waals surface area contributed by atoms with Crippen molar-refractivity contribution in [3.05, 3.63) is 29.6 Å². The number of hydrogen-bond acceptors (Lipinski definition) is 6. The van der Waals surface area contributed by atoms with Crippen molar-refractivity contribution >= 4 is 11.7 Å². The lowest BCUT2D eigenvalue weighted by Crippen LogP contribution is -2.41. The maximum Gasteiger partial charge on any atom is 0.261 e. The highest BCUT2D eigenvalue weighted by Crippen LogP contribution is 2.34. The molecule has 0 saturated carbocycles. The first-order valence-corrected chi connectivity index (χ1v) is 7.91. The monoisotopic (exact) mass is 349 g/mol. The molecule has 0 atom stereocenters. The van der Waals surface area contributed by atoms with E-state index in [4.69, 9.17) is 14.0 Å². The van der Waals surface area contributed by atoms with Crippen LogP contribution in [0.1, 0.15) is 10.4 Å². The van der Waals surface area contributed by atoms with Gasteiger partial charge < -0.3 is 23.8 Å². The predicted molar refractivity (Wildman–Crippen MR) is 89.5 cm³/mol. The lowest BCUT2D eigenvalue weighted by atomic mass is 10.1. The molecule has 3 rings (SSSR count). The number of morpholine rings is 1. The molecule has 0 unspecified atom stereocenters. The van der Waals surface area contributed by atoms with Crippen LogP contribution in [0.15, 0.2) is 22.7 Å². The Balaban J connectivity index is 2.07. The second kappa shape index (κ2) is 7.10. The van der Waals surface area contributed by atoms with Crippen molar-refractivity contribution in [2.45, 2.75) is 0 Å². The molecule has 0 radical (unpaired) electrons. The van der Waals surface area contributed by atoms with Crippen LogP contribution in [0.2, 0.25) is 0 Å². The minimum atomic E-state index is -0.486. The molecular weight excluding hydrogens is 329 g/mol. The third-order valence-corrected chi connectivity index (χ3v) is 4.02. The van der Waals surface area contributed by atoms with E-state index in [1.165, 1.54) is 25.3 Å². The number of hydrogen-bond donors (Lipinski definition) is 0. The molecule has 134 valence electrons. The second-order valence-electron chi connectivity index (χ2n) is 5.86. The number of methoxy groups -OCH3 is 1. The molecule has 2 heterocycles. The molecule has 1 fully saturated rings. The van der Waals surface area contributed by atoms with Gasteiger partial charge in [0, 0.05) is 32.7 Å². The molecule has 7 nitrogen and oxygen atoms in total. The number of aromatic nitrogens is 1. The Morgan fingerprint density at radius 2 is 2.04 bits per heavy atom. The number of amides is 1. The molecule has 1 amide bonds. The van der Waals surface area contributed by atoms with E-state index in [9.17, 15) is 9.18 Å². The minimum absolute atomic E-state index is 0.0741. The maximum atomic E-state index is 13.7. The zero-order valence-corrected chi connectivity index (χ0v) is 14.4. The number of nitrogens with zero attached hydrogens (tertiary/aromatic N) is 3. The smallest absolute Gasteiger partial charge is 0.261 e. The van der Waals surface area contributed by atoms with Crippen LogP contribution in [0.25, 0.3) is 11.3 Å². The number of anilines is 1. The fraction of sp³-hybridized carbons (Fsp3) is 0.412. The summed E-state index contributed by atoms with van der Waals surface area (Å²) in [4.78, 5) is 16.5. The molecule has 0 aliphatic carbocycles. The molecule has 1 saturated heterocycles. The summed E-state index contributed by atoms with van der Waals surface area (Å²) in [5.74, 6) is 0.115. The normalized spacial score (nSPS) is 14.5. The molecule has 25 heavy (non-hydrogen) atoms. The summed E-state index contributed by atoms with van der Waals surface area (Å²) in [6, 6.07) is 4.30. The molecule has 0 N–H and O–H groups in total. The number of carbonyl (C=O) groups is 1. The van der Waals surface area contributed by atoms with Crippen molar-refractivity contribution in [1.29, 1.82) is 0 Å². The van der Waals surface area contributed by atoms with Gasteiger partial charge in [0.2, 0.25) is 0 Å². The first kappa shape index (κ1) is 17.2. The van der Waals surface area contributed by atoms with Crippen LogP contribution in [0.4, 0.5) is 10.2 Å². The van der Waals surface area contributed by atoms with E-state index in [1.807, 2.05) is 0 Å². The van der Waals surface area contributed by atoms with Crippen LogP contribution in [-0.2, 0) is 4.74 Å². The topological polar surface area (TPSA) is 68.0 Å². The highest BCUT2D eigenvalue weighted by molar-refractivity contribution is 6.04. The largest absolute Gasteiger partial charge is 0.494 e. The average molecular weight is 349 g/mol. The van der Waals surface area contributed by atoms with Crippen LogP contribution in [-0.4, -0.2) is 63.5 Å². The lowest BCUT2D eigenvalue weighted by Gasteiger charge is -2.27. The summed E-state index contributed by atoms with van der Waals surface area (Å²) in [7, 11) is 4.94. The number of carbonyl (C=O) groups excluding carboxylic acids is 1. The van der Waals surface area contributed by atoms with Gasteiger partial charge in [0.1, 0.15) is 5.56 Å². The number of benzene rings is 1. The molecule has 2 aromatic rings. The van der Waals surface area contributed by atoms with Crippen LogP contribution in [0.3, 0.4) is 0 Å². The zero-order valence-electron chi connectivity index (χ0n) is 14.4. The molecular formula is C17H20FN3O4. The van der Waals surface area contributed by atoms with Gasteiger partial charge in [-0.3, -0.25) is 4.79 Å². The Morgan fingerprint density at radius 1 is 1.32 bits per heavy atom. The van der Waals surface area contributed by atoms with Gasteiger partial charge in [0.15, 0.2) is 23.1 Å². The maximum absolute atomic E-state index is 13.7. The summed E-state index contributed by atoms with van der Waals surface area (Å²) in [5.41, 5.74) is 0.871. The highest BCUT2D eigenvalue weighted by atomic mass is 19.1. The van der Waals surface area contributed by atoms with E-state index < -0.39 is 5.82 Å². The molecule has 0 bridgehead atoms. The van der Waals surface area contributed by atoms with E-state index in [1.54, 1.807) is 23.9 Å². The van der Waals surface area contributed by atoms with E-state index in [-0.39, 0.29) is 11.7 Å². The van der Waals surface area contributed by atoms with Crippen molar-refractivity contribution in [2.24, 2.45) is 0 Å². The van der Waals surface area contributed by atoms with Crippen LogP contribution < -0.4 is 9.64 Å². The first-order chi connectivity index (χ1) is 12.0. The number of ether oxygens (including phenoxy) is 2. The van der Waals surface area contributed by atoms with Crippen molar-refractivity contribution in [1.82, 2.24) is 10.1 Å². The molecule has 8 heteroatoms. The molecule has 1 aromatic carbocycles. The fourth-order valence-corrected chi connectivity index (χ4v) is 2.70. The summed E-state index contributed by atoms with van der Waals surface area (Å²) in [6.45, 7) is 1.99. The summed E-state index contributed by atoms with van der Waals surface area (Å²) < 4.78 is 29.5. The van der Waals surface area contributed by atoms with E-state index >= 15 is 0 Å². The second-order valence-corrected chi connectivity index (χ2v) is 5.86. The number of halogens is 1. The Hall–Kier alpha value is -2.61. The first-order valence-electron chi connectivity index (χ1n) is 7.91. The van der Waals surface area contributed by atoms with Gasteiger partial charge >= 0.3 is 0 Å². The Labute approximate surface area is 144 Å². The van der Waals surface area contributed by atoms with Crippen molar-refractivity contribution < 1.29 is 23.2 Å². The lowest BCUT2D eigenvalue weighted by molar-refractivity contribution is 0.0303. The molecule has 1 aliphatic rings. The van der Waals surface area contributed by atoms with Gasteiger partial charge in [0.05, 0.1) is 20.3 Å². The summed E-state index contributed by atoms with van der Waals surface area (Å²) in [6.07, 6.45) is 0. The van der Waals surface area contributed by atoms with Crippen LogP contribution >= 0.6 is 0 Å². The molecule has 1 aromatic heterocycles. The molecule has 0 spiro atoms. The van der Waals surface area contributed by atoms with E-state index in [0.29, 0.717) is 49.0 Å². The van der Waals surface area contributed by atoms with Gasteiger partial charge in [-0.05, 0) is 18.2 Å². The summed E-state index contributed by atoms with van der Waals surface area (Å²) in [5, 5.41) is 4.02. The van der Waals surface area contributed by atoms with Crippen molar-refractivity contribution in [3.63, 3.8) is 0 Å². The van der Waals surface area contributed by atoms with Gasteiger partial charge in [-0.25, -0.2) is 4.39 Å². The van der Waals surface area contributed by atoms with Gasteiger partial charge in [0.25, 0.3) is 5.91 Å². The zero-order chi connectivity index (χ0) is 18.0.